The molecule has 0 rings (SSSR count). The number of nitrogens with zero attached hydrogens (tertiary/aromatic N) is 1. The third kappa shape index (κ3) is 3.60. The fraction of sp³-hybridized carbons (Fsp3) is 0.714. The summed E-state index contributed by atoms with van der Waals surface area (Å²) in [4.78, 5) is 14.6. The van der Waals surface area contributed by atoms with Gasteiger partial charge >= 0.3 is 0 Å². The Labute approximate surface area is 66.7 Å². The molecule has 4 nitrogen and oxygen atoms in total. The quantitative estimate of drug-likeness (QED) is 0.442. The van der Waals surface area contributed by atoms with E-state index in [-0.39, 0.29) is 6.04 Å². The number of carbonyl (C=O) groups excluding carboxylic acids is 1. The largest absolute Gasteiger partial charge is 0.387 e. The molecule has 0 aromatic heterocycles. The lowest BCUT2D eigenvalue weighted by Gasteiger charge is -2.07. The van der Waals surface area contributed by atoms with E-state index in [1.807, 2.05) is 13.8 Å². The van der Waals surface area contributed by atoms with E-state index in [2.05, 4.69) is 4.99 Å². The van der Waals surface area contributed by atoms with E-state index in [1.54, 1.807) is 6.92 Å². The molecule has 0 aliphatic heterocycles. The molecule has 4 N–H and O–H groups in total. The predicted octanol–water partition coefficient (Wildman–Crippen LogP) is -0.127. The van der Waals surface area contributed by atoms with Crippen molar-refractivity contribution in [3.63, 3.8) is 0 Å². The number of primary amides is 1. The van der Waals surface area contributed by atoms with E-state index in [0.717, 1.165) is 0 Å². The monoisotopic (exact) mass is 157 g/mol. The maximum absolute atomic E-state index is 10.6. The maximum Gasteiger partial charge on any atom is 0.227 e. The van der Waals surface area contributed by atoms with Gasteiger partial charge < -0.3 is 11.5 Å². The van der Waals surface area contributed by atoms with E-state index in [4.69, 9.17) is 11.5 Å². The number of carbonyl (C=O) groups is 1. The number of nitrogens with two attached hydrogens (primary N) is 2. The number of amidine groups is 1. The molecule has 1 amide bonds. The number of rotatable bonds is 3. The lowest BCUT2D eigenvalue weighted by atomic mass is 10.1. The molecule has 4 heteroatoms. The molecule has 11 heavy (non-hydrogen) atoms. The highest BCUT2D eigenvalue weighted by molar-refractivity contribution is 6.01. The van der Waals surface area contributed by atoms with Crippen LogP contribution >= 0.6 is 0 Å². The standard InChI is InChI=1S/C7H15N3O/c1-4(2)10-6(8)5(3)7(9)11/h4-5H,1-3H3,(H2,8,10)(H2,9,11). The SMILES string of the molecule is CC(C)N=C(N)C(C)C(N)=O. The smallest absolute Gasteiger partial charge is 0.227 e. The lowest BCUT2D eigenvalue weighted by Crippen LogP contribution is -2.33. The molecule has 0 heterocycles. The number of amides is 1. The first kappa shape index (κ1) is 9.94. The summed E-state index contributed by atoms with van der Waals surface area (Å²) >= 11 is 0. The van der Waals surface area contributed by atoms with Crippen molar-refractivity contribution in [3.8, 4) is 0 Å². The van der Waals surface area contributed by atoms with E-state index >= 15 is 0 Å². The summed E-state index contributed by atoms with van der Waals surface area (Å²) < 4.78 is 0. The van der Waals surface area contributed by atoms with E-state index in [1.165, 1.54) is 0 Å². The molecule has 0 spiro atoms. The van der Waals surface area contributed by atoms with Crippen LogP contribution < -0.4 is 11.5 Å². The van der Waals surface area contributed by atoms with Gasteiger partial charge in [-0.2, -0.15) is 0 Å². The fourth-order valence-corrected chi connectivity index (χ4v) is 0.556. The molecule has 1 unspecified atom stereocenters. The Bertz CT molecular complexity index is 175. The van der Waals surface area contributed by atoms with Crippen LogP contribution in [0.4, 0.5) is 0 Å². The molecular formula is C7H15N3O. The summed E-state index contributed by atoms with van der Waals surface area (Å²) in [5, 5.41) is 0. The van der Waals surface area contributed by atoms with Crippen LogP contribution in [-0.4, -0.2) is 17.8 Å². The Kier molecular flexibility index (Phi) is 3.57. The van der Waals surface area contributed by atoms with Gasteiger partial charge in [0, 0.05) is 6.04 Å². The average Bonchev–Trinajstić information content (AvgIpc) is 1.84. The van der Waals surface area contributed by atoms with Crippen LogP contribution in [0.5, 0.6) is 0 Å². The van der Waals surface area contributed by atoms with Crippen molar-refractivity contribution in [2.75, 3.05) is 0 Å². The van der Waals surface area contributed by atoms with Crippen LogP contribution in [0.2, 0.25) is 0 Å². The van der Waals surface area contributed by atoms with Gasteiger partial charge in [-0.3, -0.25) is 9.79 Å². The Morgan fingerprint density at radius 1 is 1.27 bits per heavy atom. The summed E-state index contributed by atoms with van der Waals surface area (Å²) in [5.41, 5.74) is 10.5. The molecular weight excluding hydrogens is 142 g/mol. The van der Waals surface area contributed by atoms with Gasteiger partial charge in [-0.15, -0.1) is 0 Å². The van der Waals surface area contributed by atoms with Crippen LogP contribution in [0.1, 0.15) is 20.8 Å². The Morgan fingerprint density at radius 2 is 1.73 bits per heavy atom. The van der Waals surface area contributed by atoms with Gasteiger partial charge in [-0.05, 0) is 20.8 Å². The maximum atomic E-state index is 10.6. The lowest BCUT2D eigenvalue weighted by molar-refractivity contribution is -0.119. The molecule has 0 saturated carbocycles. The molecule has 0 aliphatic rings. The molecule has 0 fully saturated rings. The minimum atomic E-state index is -0.461. The summed E-state index contributed by atoms with van der Waals surface area (Å²) in [5.74, 6) is -0.586. The third-order valence-corrected chi connectivity index (χ3v) is 1.28. The van der Waals surface area contributed by atoms with Gasteiger partial charge in [-0.1, -0.05) is 0 Å². The van der Waals surface area contributed by atoms with Crippen molar-refractivity contribution in [2.45, 2.75) is 26.8 Å². The normalized spacial score (nSPS) is 15.1. The summed E-state index contributed by atoms with van der Waals surface area (Å²) in [6.07, 6.45) is 0. The first-order valence-corrected chi connectivity index (χ1v) is 3.57. The molecule has 64 valence electrons. The van der Waals surface area contributed by atoms with Gasteiger partial charge in [0.1, 0.15) is 5.84 Å². The van der Waals surface area contributed by atoms with E-state index in [0.29, 0.717) is 5.84 Å². The zero-order valence-corrected chi connectivity index (χ0v) is 7.16. The van der Waals surface area contributed by atoms with Crippen LogP contribution in [0.3, 0.4) is 0 Å². The van der Waals surface area contributed by atoms with Crippen molar-refractivity contribution >= 4 is 11.7 Å². The van der Waals surface area contributed by atoms with Crippen molar-refractivity contribution in [2.24, 2.45) is 22.4 Å². The minimum absolute atomic E-state index is 0.108. The van der Waals surface area contributed by atoms with Gasteiger partial charge in [0.2, 0.25) is 5.91 Å². The second-order valence-corrected chi connectivity index (χ2v) is 2.77. The Morgan fingerprint density at radius 3 is 2.00 bits per heavy atom. The predicted molar refractivity (Wildman–Crippen MR) is 45.1 cm³/mol. The highest BCUT2D eigenvalue weighted by Crippen LogP contribution is 1.95. The highest BCUT2D eigenvalue weighted by atomic mass is 16.1. The second-order valence-electron chi connectivity index (χ2n) is 2.77. The second kappa shape index (κ2) is 3.95. The van der Waals surface area contributed by atoms with E-state index < -0.39 is 11.8 Å². The van der Waals surface area contributed by atoms with Crippen molar-refractivity contribution < 1.29 is 4.79 Å². The minimum Gasteiger partial charge on any atom is -0.387 e. The van der Waals surface area contributed by atoms with Gasteiger partial charge in [0.15, 0.2) is 0 Å². The van der Waals surface area contributed by atoms with Crippen LogP contribution in [-0.2, 0) is 4.79 Å². The van der Waals surface area contributed by atoms with Crippen LogP contribution in [0, 0.1) is 5.92 Å². The fourth-order valence-electron chi connectivity index (χ4n) is 0.556. The van der Waals surface area contributed by atoms with Crippen LogP contribution in [0.25, 0.3) is 0 Å². The number of aliphatic imine (C=N–C) groups is 1. The number of hydrogen-bond acceptors (Lipinski definition) is 2. The zero-order chi connectivity index (χ0) is 9.02. The van der Waals surface area contributed by atoms with Crippen molar-refractivity contribution in [1.29, 1.82) is 0 Å². The van der Waals surface area contributed by atoms with Crippen LogP contribution in [0.15, 0.2) is 4.99 Å². The van der Waals surface area contributed by atoms with Gasteiger partial charge in [0.25, 0.3) is 0 Å². The first-order valence-electron chi connectivity index (χ1n) is 3.57. The molecule has 1 atom stereocenters. The summed E-state index contributed by atoms with van der Waals surface area (Å²) in [6.45, 7) is 5.42. The zero-order valence-electron chi connectivity index (χ0n) is 7.16. The highest BCUT2D eigenvalue weighted by Gasteiger charge is 2.12. The average molecular weight is 157 g/mol. The van der Waals surface area contributed by atoms with Gasteiger partial charge in [-0.25, -0.2) is 0 Å². The molecule has 0 aromatic rings. The summed E-state index contributed by atoms with van der Waals surface area (Å²) in [7, 11) is 0. The topological polar surface area (TPSA) is 81.5 Å². The Balaban J connectivity index is 4.23. The Hall–Kier alpha value is -1.06. The molecule has 0 aromatic carbocycles. The van der Waals surface area contributed by atoms with Crippen molar-refractivity contribution in [1.82, 2.24) is 0 Å². The van der Waals surface area contributed by atoms with Gasteiger partial charge in [0.05, 0.1) is 5.92 Å². The third-order valence-electron chi connectivity index (χ3n) is 1.28. The molecule has 0 aliphatic carbocycles. The molecule has 0 saturated heterocycles. The van der Waals surface area contributed by atoms with Crippen molar-refractivity contribution in [3.05, 3.63) is 0 Å². The molecule has 0 radical (unpaired) electrons. The first-order chi connectivity index (χ1) is 4.95. The molecule has 0 bridgehead atoms. The summed E-state index contributed by atoms with van der Waals surface area (Å²) in [6, 6.07) is 0.108. The number of hydrogen-bond donors (Lipinski definition) is 2. The van der Waals surface area contributed by atoms with E-state index in [9.17, 15) is 4.79 Å².